The molecule has 0 saturated carbocycles. The fourth-order valence-electron chi connectivity index (χ4n) is 2.06. The van der Waals surface area contributed by atoms with Gasteiger partial charge in [0.25, 0.3) is 0 Å². The third-order valence-electron chi connectivity index (χ3n) is 3.16. The third-order valence-corrected chi connectivity index (χ3v) is 3.16. The Balaban J connectivity index is 1.86. The van der Waals surface area contributed by atoms with Crippen LogP contribution < -0.4 is 10.6 Å². The van der Waals surface area contributed by atoms with Crippen LogP contribution in [0.4, 0.5) is 0 Å². The van der Waals surface area contributed by atoms with Crippen molar-refractivity contribution in [2.24, 2.45) is 5.92 Å². The van der Waals surface area contributed by atoms with E-state index in [-0.39, 0.29) is 17.7 Å². The van der Waals surface area contributed by atoms with Crippen LogP contribution in [0, 0.1) is 5.92 Å². The van der Waals surface area contributed by atoms with Crippen LogP contribution in [0.25, 0.3) is 0 Å². The van der Waals surface area contributed by atoms with Crippen LogP contribution in [-0.4, -0.2) is 30.1 Å². The molecule has 1 aromatic rings. The molecular weight excluding hydrogens is 216 g/mol. The summed E-state index contributed by atoms with van der Waals surface area (Å²) < 4.78 is 0. The highest BCUT2D eigenvalue weighted by molar-refractivity contribution is 5.79. The number of hydrogen-bond donors (Lipinski definition) is 3. The maximum atomic E-state index is 11.8. The minimum absolute atomic E-state index is 0.0382. The number of amides is 1. The lowest BCUT2D eigenvalue weighted by atomic mass is 10.1. The fraction of sp³-hybridized carbons (Fsp3) is 0.462. The molecule has 0 aromatic heterocycles. The predicted molar refractivity (Wildman–Crippen MR) is 65.8 cm³/mol. The molecule has 2 rings (SSSR count). The van der Waals surface area contributed by atoms with Crippen molar-refractivity contribution >= 4 is 5.91 Å². The van der Waals surface area contributed by atoms with E-state index in [1.165, 1.54) is 0 Å². The number of carbonyl (C=O) groups excluding carboxylic acids is 1. The molecule has 1 saturated heterocycles. The Morgan fingerprint density at radius 1 is 1.41 bits per heavy atom. The zero-order chi connectivity index (χ0) is 12.3. The maximum absolute atomic E-state index is 11.8. The number of hydrogen-bond acceptors (Lipinski definition) is 3. The summed E-state index contributed by atoms with van der Waals surface area (Å²) in [6.07, 6.45) is 0.365. The molecule has 0 spiro atoms. The molecular formula is C13H18N2O2. The summed E-state index contributed by atoms with van der Waals surface area (Å²) in [6, 6.07) is 6.97. The third kappa shape index (κ3) is 3.20. The number of phenols is 1. The van der Waals surface area contributed by atoms with Gasteiger partial charge in [-0.2, -0.15) is 0 Å². The van der Waals surface area contributed by atoms with Crippen molar-refractivity contribution in [2.45, 2.75) is 19.4 Å². The van der Waals surface area contributed by atoms with Gasteiger partial charge in [-0.25, -0.2) is 0 Å². The second kappa shape index (κ2) is 5.19. The standard InChI is InChI=1S/C13H18N2O2/c1-9-7-14-8-12(9)15-13(17)6-10-2-4-11(16)5-3-10/h2-5,9,12,14,16H,6-8H2,1H3,(H,15,17). The van der Waals surface area contributed by atoms with Gasteiger partial charge in [0.05, 0.1) is 6.42 Å². The lowest BCUT2D eigenvalue weighted by molar-refractivity contribution is -0.121. The molecule has 0 radical (unpaired) electrons. The first-order valence-corrected chi connectivity index (χ1v) is 5.93. The Kier molecular flexibility index (Phi) is 3.64. The summed E-state index contributed by atoms with van der Waals surface area (Å²) in [7, 11) is 0. The summed E-state index contributed by atoms with van der Waals surface area (Å²) in [4.78, 5) is 11.8. The second-order valence-corrected chi connectivity index (χ2v) is 4.65. The van der Waals surface area contributed by atoms with Gasteiger partial charge >= 0.3 is 0 Å². The smallest absolute Gasteiger partial charge is 0.224 e. The molecule has 17 heavy (non-hydrogen) atoms. The van der Waals surface area contributed by atoms with Crippen LogP contribution in [0.2, 0.25) is 0 Å². The Hall–Kier alpha value is -1.55. The molecule has 1 aromatic carbocycles. The van der Waals surface area contributed by atoms with E-state index in [1.807, 2.05) is 0 Å². The van der Waals surface area contributed by atoms with E-state index >= 15 is 0 Å². The average molecular weight is 234 g/mol. The van der Waals surface area contributed by atoms with E-state index in [2.05, 4.69) is 17.6 Å². The van der Waals surface area contributed by atoms with Gasteiger partial charge in [0, 0.05) is 12.6 Å². The van der Waals surface area contributed by atoms with Crippen LogP contribution in [0.15, 0.2) is 24.3 Å². The molecule has 1 amide bonds. The van der Waals surface area contributed by atoms with Crippen molar-refractivity contribution in [2.75, 3.05) is 13.1 Å². The Labute approximate surface area is 101 Å². The first-order chi connectivity index (χ1) is 8.15. The topological polar surface area (TPSA) is 61.4 Å². The van der Waals surface area contributed by atoms with E-state index in [0.717, 1.165) is 18.7 Å². The van der Waals surface area contributed by atoms with Gasteiger partial charge in [0.15, 0.2) is 0 Å². The van der Waals surface area contributed by atoms with E-state index in [4.69, 9.17) is 5.11 Å². The van der Waals surface area contributed by atoms with Gasteiger partial charge in [0.2, 0.25) is 5.91 Å². The lowest BCUT2D eigenvalue weighted by Gasteiger charge is -2.16. The summed E-state index contributed by atoms with van der Waals surface area (Å²) in [5.41, 5.74) is 0.916. The number of benzene rings is 1. The number of aromatic hydroxyl groups is 1. The van der Waals surface area contributed by atoms with Gasteiger partial charge in [-0.3, -0.25) is 4.79 Å². The molecule has 2 unspecified atom stereocenters. The van der Waals surface area contributed by atoms with Crippen LogP contribution in [0.5, 0.6) is 5.75 Å². The molecule has 4 heteroatoms. The Morgan fingerprint density at radius 3 is 2.71 bits per heavy atom. The first-order valence-electron chi connectivity index (χ1n) is 5.93. The highest BCUT2D eigenvalue weighted by Gasteiger charge is 2.24. The Morgan fingerprint density at radius 2 is 2.12 bits per heavy atom. The van der Waals surface area contributed by atoms with Crippen LogP contribution in [0.3, 0.4) is 0 Å². The minimum Gasteiger partial charge on any atom is -0.508 e. The monoisotopic (exact) mass is 234 g/mol. The van der Waals surface area contributed by atoms with E-state index in [0.29, 0.717) is 12.3 Å². The summed E-state index contributed by atoms with van der Waals surface area (Å²) in [5, 5.41) is 15.4. The SMILES string of the molecule is CC1CNCC1NC(=O)Cc1ccc(O)cc1. The number of nitrogens with one attached hydrogen (secondary N) is 2. The molecule has 1 fully saturated rings. The summed E-state index contributed by atoms with van der Waals surface area (Å²) in [6.45, 7) is 3.94. The van der Waals surface area contributed by atoms with Gasteiger partial charge in [-0.15, -0.1) is 0 Å². The molecule has 0 bridgehead atoms. The minimum atomic E-state index is 0.0382. The predicted octanol–water partition coefficient (Wildman–Crippen LogP) is 0.659. The lowest BCUT2D eigenvalue weighted by Crippen LogP contribution is -2.40. The normalized spacial score (nSPS) is 23.6. The van der Waals surface area contributed by atoms with Crippen LogP contribution >= 0.6 is 0 Å². The van der Waals surface area contributed by atoms with Crippen molar-refractivity contribution in [3.8, 4) is 5.75 Å². The molecule has 4 nitrogen and oxygen atoms in total. The molecule has 1 aliphatic heterocycles. The largest absolute Gasteiger partial charge is 0.508 e. The second-order valence-electron chi connectivity index (χ2n) is 4.65. The zero-order valence-corrected chi connectivity index (χ0v) is 9.94. The number of carbonyl (C=O) groups is 1. The van der Waals surface area contributed by atoms with Gasteiger partial charge < -0.3 is 15.7 Å². The highest BCUT2D eigenvalue weighted by atomic mass is 16.3. The molecule has 0 aliphatic carbocycles. The summed E-state index contributed by atoms with van der Waals surface area (Å²) in [5.74, 6) is 0.748. The molecule has 2 atom stereocenters. The number of phenolic OH excluding ortho intramolecular Hbond substituents is 1. The fourth-order valence-corrected chi connectivity index (χ4v) is 2.06. The van der Waals surface area contributed by atoms with Gasteiger partial charge in [-0.1, -0.05) is 19.1 Å². The van der Waals surface area contributed by atoms with E-state index < -0.39 is 0 Å². The average Bonchev–Trinajstić information content (AvgIpc) is 2.68. The molecule has 3 N–H and O–H groups in total. The number of rotatable bonds is 3. The Bertz CT molecular complexity index is 389. The maximum Gasteiger partial charge on any atom is 0.224 e. The zero-order valence-electron chi connectivity index (χ0n) is 9.94. The molecule has 1 heterocycles. The van der Waals surface area contributed by atoms with Crippen molar-refractivity contribution in [1.82, 2.24) is 10.6 Å². The quantitative estimate of drug-likeness (QED) is 0.720. The van der Waals surface area contributed by atoms with Crippen molar-refractivity contribution in [1.29, 1.82) is 0 Å². The summed E-state index contributed by atoms with van der Waals surface area (Å²) >= 11 is 0. The highest BCUT2D eigenvalue weighted by Crippen LogP contribution is 2.11. The molecule has 1 aliphatic rings. The van der Waals surface area contributed by atoms with Crippen molar-refractivity contribution < 1.29 is 9.90 Å². The van der Waals surface area contributed by atoms with Crippen molar-refractivity contribution in [3.63, 3.8) is 0 Å². The van der Waals surface area contributed by atoms with Crippen molar-refractivity contribution in [3.05, 3.63) is 29.8 Å². The van der Waals surface area contributed by atoms with E-state index in [1.54, 1.807) is 24.3 Å². The van der Waals surface area contributed by atoms with Crippen LogP contribution in [-0.2, 0) is 11.2 Å². The molecule has 92 valence electrons. The first kappa shape index (κ1) is 11.9. The van der Waals surface area contributed by atoms with Crippen LogP contribution in [0.1, 0.15) is 12.5 Å². The van der Waals surface area contributed by atoms with Gasteiger partial charge in [0.1, 0.15) is 5.75 Å². The van der Waals surface area contributed by atoms with E-state index in [9.17, 15) is 4.79 Å². The van der Waals surface area contributed by atoms with Gasteiger partial charge in [-0.05, 0) is 30.2 Å².